The fourth-order valence-electron chi connectivity index (χ4n) is 3.85. The minimum absolute atomic E-state index is 0.0765. The third kappa shape index (κ3) is 3.84. The van der Waals surface area contributed by atoms with E-state index >= 15 is 0 Å². The van der Waals surface area contributed by atoms with Gasteiger partial charge in [0.25, 0.3) is 11.5 Å². The summed E-state index contributed by atoms with van der Waals surface area (Å²) in [7, 11) is 0. The molecule has 148 valence electrons. The zero-order chi connectivity index (χ0) is 19.8. The number of nitrogens with zero attached hydrogens (tertiary/aromatic N) is 3. The van der Waals surface area contributed by atoms with Crippen LogP contribution in [0.1, 0.15) is 56.7 Å². The van der Waals surface area contributed by atoms with Gasteiger partial charge in [-0.05, 0) is 32.6 Å². The molecule has 1 atom stereocenters. The molecule has 1 fully saturated rings. The summed E-state index contributed by atoms with van der Waals surface area (Å²) in [5.41, 5.74) is -0.696. The second-order valence-corrected chi connectivity index (χ2v) is 8.39. The van der Waals surface area contributed by atoms with Gasteiger partial charge in [0.15, 0.2) is 0 Å². The monoisotopic (exact) mass is 375 g/mol. The maximum atomic E-state index is 12.5. The third-order valence-corrected chi connectivity index (χ3v) is 5.27. The van der Waals surface area contributed by atoms with E-state index in [0.717, 1.165) is 12.8 Å². The fraction of sp³-hybridized carbons (Fsp3) is 0.684. The first-order valence-electron chi connectivity index (χ1n) is 9.67. The van der Waals surface area contributed by atoms with E-state index in [1.165, 1.54) is 0 Å². The van der Waals surface area contributed by atoms with Crippen LogP contribution in [-0.2, 0) is 12.0 Å². The molecule has 0 radical (unpaired) electrons. The van der Waals surface area contributed by atoms with Crippen molar-refractivity contribution >= 4 is 11.9 Å². The quantitative estimate of drug-likeness (QED) is 0.823. The number of aromatic nitrogens is 2. The summed E-state index contributed by atoms with van der Waals surface area (Å²) >= 11 is 0. The lowest BCUT2D eigenvalue weighted by Crippen LogP contribution is -2.43. The van der Waals surface area contributed by atoms with Crippen LogP contribution in [0.5, 0.6) is 0 Å². The number of aryl methyl sites for hydroxylation is 1. The maximum Gasteiger partial charge on any atom is 0.317 e. The second kappa shape index (κ2) is 7.32. The van der Waals surface area contributed by atoms with E-state index in [0.29, 0.717) is 37.9 Å². The van der Waals surface area contributed by atoms with Gasteiger partial charge in [0.2, 0.25) is 0 Å². The third-order valence-electron chi connectivity index (χ3n) is 5.27. The van der Waals surface area contributed by atoms with Crippen LogP contribution in [-0.4, -0.2) is 52.1 Å². The van der Waals surface area contributed by atoms with Crippen molar-refractivity contribution in [2.45, 2.75) is 58.5 Å². The Kier molecular flexibility index (Phi) is 5.26. The molecule has 0 aromatic carbocycles. The van der Waals surface area contributed by atoms with Gasteiger partial charge in [-0.1, -0.05) is 13.8 Å². The predicted octanol–water partition coefficient (Wildman–Crippen LogP) is 1.09. The van der Waals surface area contributed by atoms with Crippen molar-refractivity contribution in [2.24, 2.45) is 5.92 Å². The molecule has 2 aliphatic heterocycles. The Morgan fingerprint density at radius 3 is 2.59 bits per heavy atom. The number of hydrogen-bond acceptors (Lipinski definition) is 4. The van der Waals surface area contributed by atoms with Crippen LogP contribution < -0.4 is 16.2 Å². The molecule has 2 N–H and O–H groups in total. The molecule has 1 aromatic heterocycles. The van der Waals surface area contributed by atoms with E-state index in [2.05, 4.69) is 15.6 Å². The molecule has 0 saturated carbocycles. The number of fused-ring (bicyclic) bond motifs is 2. The van der Waals surface area contributed by atoms with Gasteiger partial charge in [-0.25, -0.2) is 4.79 Å². The Balaban J connectivity index is 1.80. The Morgan fingerprint density at radius 2 is 1.93 bits per heavy atom. The Hall–Kier alpha value is -2.38. The highest BCUT2D eigenvalue weighted by Gasteiger charge is 2.47. The lowest BCUT2D eigenvalue weighted by atomic mass is 9.85. The molecule has 0 bridgehead atoms. The second-order valence-electron chi connectivity index (χ2n) is 8.39. The van der Waals surface area contributed by atoms with Crippen molar-refractivity contribution in [3.05, 3.63) is 27.9 Å². The number of likely N-dealkylation sites (tertiary alicyclic amines) is 1. The van der Waals surface area contributed by atoms with Gasteiger partial charge in [-0.3, -0.25) is 9.59 Å². The zero-order valence-corrected chi connectivity index (χ0v) is 16.5. The minimum Gasteiger partial charge on any atom is -0.352 e. The minimum atomic E-state index is -0.492. The highest BCUT2D eigenvalue weighted by Crippen LogP contribution is 2.41. The molecule has 8 heteroatoms. The van der Waals surface area contributed by atoms with Crippen molar-refractivity contribution < 1.29 is 9.59 Å². The van der Waals surface area contributed by atoms with Crippen molar-refractivity contribution in [1.82, 2.24) is 25.1 Å². The molecule has 27 heavy (non-hydrogen) atoms. The van der Waals surface area contributed by atoms with Crippen LogP contribution >= 0.6 is 0 Å². The van der Waals surface area contributed by atoms with Crippen LogP contribution in [0.3, 0.4) is 0 Å². The molecular formula is C19H29N5O3. The van der Waals surface area contributed by atoms with Gasteiger partial charge in [-0.2, -0.15) is 4.98 Å². The maximum absolute atomic E-state index is 12.5. The summed E-state index contributed by atoms with van der Waals surface area (Å²) in [4.78, 5) is 43.2. The van der Waals surface area contributed by atoms with Gasteiger partial charge >= 0.3 is 6.03 Å². The number of hydrogen-bond donors (Lipinski definition) is 2. The van der Waals surface area contributed by atoms with E-state index in [9.17, 15) is 14.4 Å². The normalized spacial score (nSPS) is 21.2. The van der Waals surface area contributed by atoms with Crippen LogP contribution in [0.2, 0.25) is 0 Å². The Labute approximate surface area is 159 Å². The standard InChI is InChI=1S/C19H29N5O3/c1-12(2)9-20-15(25)14-10-23-7-5-19(17(23)22-16(14)26)6-8-24(11-19)18(27)21-13(3)4/h10,12-13H,5-9,11H2,1-4H3,(H,20,25)(H,21,27)/t19-/m0/s1. The molecule has 3 amide bonds. The van der Waals surface area contributed by atoms with Crippen molar-refractivity contribution in [1.29, 1.82) is 0 Å². The van der Waals surface area contributed by atoms with Crippen LogP contribution in [0.25, 0.3) is 0 Å². The summed E-state index contributed by atoms with van der Waals surface area (Å²) in [6.07, 6.45) is 3.23. The van der Waals surface area contributed by atoms with Gasteiger partial charge in [0.05, 0.1) is 0 Å². The lowest BCUT2D eigenvalue weighted by molar-refractivity contribution is 0.0946. The topological polar surface area (TPSA) is 96.3 Å². The smallest absolute Gasteiger partial charge is 0.317 e. The first kappa shape index (κ1) is 19.4. The van der Waals surface area contributed by atoms with E-state index in [1.54, 1.807) is 11.1 Å². The molecular weight excluding hydrogens is 346 g/mol. The summed E-state index contributed by atoms with van der Waals surface area (Å²) in [5.74, 6) is 0.637. The highest BCUT2D eigenvalue weighted by molar-refractivity contribution is 5.93. The molecule has 0 unspecified atom stereocenters. The number of amides is 3. The molecule has 1 spiro atoms. The molecule has 3 rings (SSSR count). The number of rotatable bonds is 4. The number of nitrogens with one attached hydrogen (secondary N) is 2. The van der Waals surface area contributed by atoms with Crippen molar-refractivity contribution in [3.8, 4) is 0 Å². The number of carbonyl (C=O) groups is 2. The SMILES string of the molecule is CC(C)CNC(=O)c1cn2c(nc1=O)[C@]1(CCN(C(=O)NC(C)C)C1)CC2. The summed E-state index contributed by atoms with van der Waals surface area (Å²) in [6, 6.07) is 0.00456. The first-order valence-corrected chi connectivity index (χ1v) is 9.67. The van der Waals surface area contributed by atoms with Gasteiger partial charge < -0.3 is 20.1 Å². The first-order chi connectivity index (χ1) is 12.7. The molecule has 3 heterocycles. The van der Waals surface area contributed by atoms with Crippen LogP contribution in [0.15, 0.2) is 11.0 Å². The van der Waals surface area contributed by atoms with Crippen molar-refractivity contribution in [3.63, 3.8) is 0 Å². The average Bonchev–Trinajstić information content (AvgIpc) is 3.17. The lowest BCUT2D eigenvalue weighted by Gasteiger charge is -2.24. The van der Waals surface area contributed by atoms with Gasteiger partial charge in [0, 0.05) is 43.8 Å². The van der Waals surface area contributed by atoms with Gasteiger partial charge in [-0.15, -0.1) is 0 Å². The van der Waals surface area contributed by atoms with E-state index in [1.807, 2.05) is 32.3 Å². The molecule has 1 saturated heterocycles. The van der Waals surface area contributed by atoms with Gasteiger partial charge in [0.1, 0.15) is 11.4 Å². The summed E-state index contributed by atoms with van der Waals surface area (Å²) in [6.45, 7) is 10.3. The number of urea groups is 1. The fourth-order valence-corrected chi connectivity index (χ4v) is 3.85. The highest BCUT2D eigenvalue weighted by atomic mass is 16.2. The number of carbonyl (C=O) groups excluding carboxylic acids is 2. The molecule has 2 aliphatic rings. The van der Waals surface area contributed by atoms with E-state index < -0.39 is 5.56 Å². The van der Waals surface area contributed by atoms with Crippen molar-refractivity contribution in [2.75, 3.05) is 19.6 Å². The molecule has 0 aliphatic carbocycles. The Bertz CT molecular complexity index is 801. The Morgan fingerprint density at radius 1 is 1.22 bits per heavy atom. The average molecular weight is 375 g/mol. The molecule has 1 aromatic rings. The zero-order valence-electron chi connectivity index (χ0n) is 16.5. The van der Waals surface area contributed by atoms with Crippen LogP contribution in [0, 0.1) is 5.92 Å². The summed E-state index contributed by atoms with van der Waals surface area (Å²) < 4.78 is 1.91. The van der Waals surface area contributed by atoms with E-state index in [-0.39, 0.29) is 29.0 Å². The van der Waals surface area contributed by atoms with Crippen LogP contribution in [0.4, 0.5) is 4.79 Å². The largest absolute Gasteiger partial charge is 0.352 e. The summed E-state index contributed by atoms with van der Waals surface area (Å²) in [5, 5.41) is 5.70. The molecule has 8 nitrogen and oxygen atoms in total. The van der Waals surface area contributed by atoms with E-state index in [4.69, 9.17) is 0 Å². The predicted molar refractivity (Wildman–Crippen MR) is 102 cm³/mol.